The molecule has 1 aromatic carbocycles. The Balaban J connectivity index is 2.93. The summed E-state index contributed by atoms with van der Waals surface area (Å²) in [5, 5.41) is 9.32. The molecule has 0 spiro atoms. The van der Waals surface area contributed by atoms with Gasteiger partial charge in [0, 0.05) is 12.4 Å². The van der Waals surface area contributed by atoms with Gasteiger partial charge in [0.15, 0.2) is 0 Å². The van der Waals surface area contributed by atoms with E-state index in [2.05, 4.69) is 0 Å². The van der Waals surface area contributed by atoms with Crippen molar-refractivity contribution in [3.05, 3.63) is 45.2 Å². The van der Waals surface area contributed by atoms with Crippen molar-refractivity contribution < 1.29 is 23.1 Å². The number of fused-ring (bicyclic) bond motifs is 1. The lowest BCUT2D eigenvalue weighted by Gasteiger charge is -2.13. The minimum Gasteiger partial charge on any atom is -0.477 e. The van der Waals surface area contributed by atoms with Gasteiger partial charge in [0.2, 0.25) is 0 Å². The van der Waals surface area contributed by atoms with Crippen molar-refractivity contribution in [3.63, 3.8) is 0 Å². The van der Waals surface area contributed by atoms with E-state index >= 15 is 0 Å². The third-order valence-electron chi connectivity index (χ3n) is 3.20. The molecule has 106 valence electrons. The third-order valence-corrected chi connectivity index (χ3v) is 3.20. The molecular weight excluding hydrogens is 275 g/mol. The number of hydrogen-bond acceptors (Lipinski definition) is 2. The number of hydrogen-bond donors (Lipinski definition) is 1. The number of aromatic carboxylic acids is 1. The van der Waals surface area contributed by atoms with Gasteiger partial charge in [-0.1, -0.05) is 6.07 Å². The fraction of sp³-hybridized carbons (Fsp3) is 0.231. The van der Waals surface area contributed by atoms with Crippen LogP contribution in [0.4, 0.5) is 13.2 Å². The van der Waals surface area contributed by atoms with E-state index in [1.165, 1.54) is 20.0 Å². The third kappa shape index (κ3) is 2.04. The summed E-state index contributed by atoms with van der Waals surface area (Å²) in [7, 11) is 1.25. The topological polar surface area (TPSA) is 59.3 Å². The van der Waals surface area contributed by atoms with Gasteiger partial charge in [0.25, 0.3) is 5.56 Å². The SMILES string of the molecule is Cc1c(C(=O)O)c(=O)n(C)c2cc(C(F)(F)F)ccc12. The summed E-state index contributed by atoms with van der Waals surface area (Å²) in [5.74, 6) is -1.40. The van der Waals surface area contributed by atoms with Gasteiger partial charge in [-0.2, -0.15) is 13.2 Å². The second-order valence-electron chi connectivity index (χ2n) is 4.40. The second-order valence-corrected chi connectivity index (χ2v) is 4.40. The lowest BCUT2D eigenvalue weighted by atomic mass is 10.0. The fourth-order valence-electron chi connectivity index (χ4n) is 2.13. The van der Waals surface area contributed by atoms with E-state index in [1.54, 1.807) is 0 Å². The van der Waals surface area contributed by atoms with Gasteiger partial charge in [0.1, 0.15) is 5.56 Å². The van der Waals surface area contributed by atoms with E-state index in [-0.39, 0.29) is 11.1 Å². The zero-order valence-electron chi connectivity index (χ0n) is 10.6. The van der Waals surface area contributed by atoms with E-state index in [0.717, 1.165) is 16.7 Å². The number of aromatic nitrogens is 1. The van der Waals surface area contributed by atoms with Gasteiger partial charge < -0.3 is 9.67 Å². The molecule has 0 amide bonds. The van der Waals surface area contributed by atoms with Gasteiger partial charge in [-0.3, -0.25) is 4.79 Å². The summed E-state index contributed by atoms with van der Waals surface area (Å²) in [4.78, 5) is 23.0. The monoisotopic (exact) mass is 285 g/mol. The van der Waals surface area contributed by atoms with Crippen LogP contribution in [-0.2, 0) is 13.2 Å². The predicted molar refractivity (Wildman–Crippen MR) is 65.9 cm³/mol. The van der Waals surface area contributed by atoms with Gasteiger partial charge in [-0.05, 0) is 24.6 Å². The fourth-order valence-corrected chi connectivity index (χ4v) is 2.13. The molecule has 0 aliphatic heterocycles. The minimum atomic E-state index is -4.52. The predicted octanol–water partition coefficient (Wildman–Crippen LogP) is 2.56. The summed E-state index contributed by atoms with van der Waals surface area (Å²) >= 11 is 0. The standard InChI is InChI=1S/C13H10F3NO3/c1-6-8-4-3-7(13(14,15)16)5-9(8)17(2)11(18)10(6)12(19)20/h3-5H,1-2H3,(H,19,20). The molecule has 20 heavy (non-hydrogen) atoms. The molecule has 1 aromatic heterocycles. The number of rotatable bonds is 1. The molecule has 0 atom stereocenters. The molecule has 2 rings (SSSR count). The van der Waals surface area contributed by atoms with Crippen LogP contribution < -0.4 is 5.56 Å². The van der Waals surface area contributed by atoms with Crippen LogP contribution in [0, 0.1) is 6.92 Å². The molecular formula is C13H10F3NO3. The quantitative estimate of drug-likeness (QED) is 0.876. The van der Waals surface area contributed by atoms with Crippen molar-refractivity contribution in [2.24, 2.45) is 7.05 Å². The molecule has 1 N–H and O–H groups in total. The number of pyridine rings is 1. The highest BCUT2D eigenvalue weighted by Crippen LogP contribution is 2.32. The number of carboxylic acids is 1. The number of aryl methyl sites for hydroxylation is 2. The molecule has 0 unspecified atom stereocenters. The first kappa shape index (κ1) is 14.1. The maximum atomic E-state index is 12.7. The lowest BCUT2D eigenvalue weighted by molar-refractivity contribution is -0.137. The van der Waals surface area contributed by atoms with Crippen LogP contribution >= 0.6 is 0 Å². The van der Waals surface area contributed by atoms with Crippen LogP contribution in [-0.4, -0.2) is 15.6 Å². The molecule has 0 aliphatic carbocycles. The average molecular weight is 285 g/mol. The molecule has 1 heterocycles. The molecule has 0 saturated heterocycles. The Labute approximate surface area is 111 Å². The Kier molecular flexibility index (Phi) is 3.08. The number of benzene rings is 1. The normalized spacial score (nSPS) is 11.8. The second kappa shape index (κ2) is 4.36. The summed E-state index contributed by atoms with van der Waals surface area (Å²) in [6, 6.07) is 2.89. The highest BCUT2D eigenvalue weighted by atomic mass is 19.4. The van der Waals surface area contributed by atoms with Crippen molar-refractivity contribution in [1.29, 1.82) is 0 Å². The first-order chi connectivity index (χ1) is 9.14. The summed E-state index contributed by atoms with van der Waals surface area (Å²) in [6.45, 7) is 1.40. The van der Waals surface area contributed by atoms with E-state index < -0.39 is 28.8 Å². The van der Waals surface area contributed by atoms with Gasteiger partial charge in [0.05, 0.1) is 11.1 Å². The number of carbonyl (C=O) groups is 1. The zero-order chi connectivity index (χ0) is 15.2. The Morgan fingerprint density at radius 2 is 1.90 bits per heavy atom. The minimum absolute atomic E-state index is 0.0484. The largest absolute Gasteiger partial charge is 0.477 e. The highest BCUT2D eigenvalue weighted by molar-refractivity contribution is 5.96. The zero-order valence-corrected chi connectivity index (χ0v) is 10.6. The molecule has 0 bridgehead atoms. The molecule has 4 nitrogen and oxygen atoms in total. The van der Waals surface area contributed by atoms with Crippen molar-refractivity contribution in [2.45, 2.75) is 13.1 Å². The maximum Gasteiger partial charge on any atom is 0.416 e. The van der Waals surface area contributed by atoms with Crippen LogP contribution in [0.25, 0.3) is 10.9 Å². The van der Waals surface area contributed by atoms with Crippen molar-refractivity contribution in [1.82, 2.24) is 4.57 Å². The van der Waals surface area contributed by atoms with Crippen LogP contribution in [0.15, 0.2) is 23.0 Å². The summed E-state index contributed by atoms with van der Waals surface area (Å²) in [5.41, 5.74) is -1.94. The molecule has 7 heteroatoms. The molecule has 0 fully saturated rings. The summed E-state index contributed by atoms with van der Waals surface area (Å²) in [6.07, 6.45) is -4.52. The number of alkyl halides is 3. The van der Waals surface area contributed by atoms with Crippen LogP contribution in [0.3, 0.4) is 0 Å². The number of nitrogens with zero attached hydrogens (tertiary/aromatic N) is 1. The van der Waals surface area contributed by atoms with E-state index in [4.69, 9.17) is 5.11 Å². The average Bonchev–Trinajstić information content (AvgIpc) is 2.34. The lowest BCUT2D eigenvalue weighted by Crippen LogP contribution is -2.26. The molecule has 0 radical (unpaired) electrons. The van der Waals surface area contributed by atoms with Crippen LogP contribution in [0.2, 0.25) is 0 Å². The van der Waals surface area contributed by atoms with Crippen molar-refractivity contribution in [2.75, 3.05) is 0 Å². The summed E-state index contributed by atoms with van der Waals surface area (Å²) < 4.78 is 38.9. The Morgan fingerprint density at radius 1 is 1.30 bits per heavy atom. The Hall–Kier alpha value is -2.31. The van der Waals surface area contributed by atoms with Gasteiger partial charge in [-0.15, -0.1) is 0 Å². The van der Waals surface area contributed by atoms with E-state index in [0.29, 0.717) is 5.39 Å². The van der Waals surface area contributed by atoms with E-state index in [1.807, 2.05) is 0 Å². The van der Waals surface area contributed by atoms with Crippen molar-refractivity contribution >= 4 is 16.9 Å². The molecule has 2 aromatic rings. The van der Waals surface area contributed by atoms with Gasteiger partial charge in [-0.25, -0.2) is 4.79 Å². The number of carboxylic acid groups (broad SMARTS) is 1. The van der Waals surface area contributed by atoms with Crippen LogP contribution in [0.5, 0.6) is 0 Å². The van der Waals surface area contributed by atoms with E-state index in [9.17, 15) is 22.8 Å². The number of halogens is 3. The van der Waals surface area contributed by atoms with Crippen LogP contribution in [0.1, 0.15) is 21.5 Å². The van der Waals surface area contributed by atoms with Crippen molar-refractivity contribution in [3.8, 4) is 0 Å². The van der Waals surface area contributed by atoms with Gasteiger partial charge >= 0.3 is 12.1 Å². The molecule has 0 saturated carbocycles. The highest BCUT2D eigenvalue weighted by Gasteiger charge is 2.31. The first-order valence-electron chi connectivity index (χ1n) is 5.58. The Morgan fingerprint density at radius 3 is 2.40 bits per heavy atom. The Bertz CT molecular complexity index is 775. The maximum absolute atomic E-state index is 12.7. The smallest absolute Gasteiger partial charge is 0.416 e. The first-order valence-corrected chi connectivity index (χ1v) is 5.58. The molecule has 0 aliphatic rings.